The van der Waals surface area contributed by atoms with E-state index in [2.05, 4.69) is 31.2 Å². The maximum atomic E-state index is 12.1. The number of amides is 1. The molecular weight excluding hydrogens is 467 g/mol. The smallest absolute Gasteiger partial charge is 0.225 e. The molecule has 7 nitrogen and oxygen atoms in total. The number of rotatable bonds is 6. The lowest BCUT2D eigenvalue weighted by Crippen LogP contribution is -2.45. The van der Waals surface area contributed by atoms with Gasteiger partial charge >= 0.3 is 0 Å². The standard InChI is InChI=1S/C20H30N6O.HI/c1-15(2)19(27)25-12-9-16(13-25)24-20(21-3)22-10-6-11-26-14-23-17-7-4-5-8-18(17)26;/h4-5,7-8,14-16H,6,9-13H2,1-3H3,(H2,21,22,24);1H. The summed E-state index contributed by atoms with van der Waals surface area (Å²) in [5.41, 5.74) is 2.20. The van der Waals surface area contributed by atoms with Crippen LogP contribution in [-0.2, 0) is 11.3 Å². The number of fused-ring (bicyclic) bond motifs is 1. The second-order valence-electron chi connectivity index (χ2n) is 7.35. The van der Waals surface area contributed by atoms with Gasteiger partial charge in [-0.3, -0.25) is 9.79 Å². The monoisotopic (exact) mass is 498 g/mol. The van der Waals surface area contributed by atoms with Crippen LogP contribution in [-0.4, -0.2) is 59.0 Å². The number of benzene rings is 1. The molecule has 154 valence electrons. The minimum atomic E-state index is 0. The van der Waals surface area contributed by atoms with E-state index >= 15 is 0 Å². The molecule has 1 amide bonds. The summed E-state index contributed by atoms with van der Waals surface area (Å²) in [6, 6.07) is 8.44. The lowest BCUT2D eigenvalue weighted by molar-refractivity contribution is -0.133. The molecule has 1 unspecified atom stereocenters. The van der Waals surface area contributed by atoms with E-state index in [1.54, 1.807) is 7.05 Å². The van der Waals surface area contributed by atoms with Gasteiger partial charge in [-0.1, -0.05) is 26.0 Å². The molecule has 2 N–H and O–H groups in total. The lowest BCUT2D eigenvalue weighted by atomic mass is 10.2. The van der Waals surface area contributed by atoms with Crippen LogP contribution in [0.25, 0.3) is 11.0 Å². The fourth-order valence-electron chi connectivity index (χ4n) is 3.48. The van der Waals surface area contributed by atoms with Crippen molar-refractivity contribution in [2.24, 2.45) is 10.9 Å². The third kappa shape index (κ3) is 5.59. The van der Waals surface area contributed by atoms with E-state index in [-0.39, 0.29) is 41.8 Å². The first-order valence-electron chi connectivity index (χ1n) is 9.74. The Labute approximate surface area is 184 Å². The molecule has 0 saturated carbocycles. The molecule has 1 aromatic carbocycles. The number of imidazole rings is 1. The molecule has 0 radical (unpaired) electrons. The summed E-state index contributed by atoms with van der Waals surface area (Å²) >= 11 is 0. The molecule has 0 aliphatic carbocycles. The van der Waals surface area contributed by atoms with Crippen molar-refractivity contribution in [3.63, 3.8) is 0 Å². The number of guanidine groups is 1. The van der Waals surface area contributed by atoms with Gasteiger partial charge in [-0.2, -0.15) is 0 Å². The second kappa shape index (κ2) is 10.6. The van der Waals surface area contributed by atoms with E-state index in [1.807, 2.05) is 43.3 Å². The molecule has 1 aliphatic heterocycles. The zero-order valence-corrected chi connectivity index (χ0v) is 19.2. The summed E-state index contributed by atoms with van der Waals surface area (Å²) in [5, 5.41) is 6.81. The molecule has 8 heteroatoms. The number of hydrogen-bond donors (Lipinski definition) is 2. The van der Waals surface area contributed by atoms with Crippen LogP contribution in [0.15, 0.2) is 35.6 Å². The zero-order chi connectivity index (χ0) is 19.2. The zero-order valence-electron chi connectivity index (χ0n) is 16.9. The van der Waals surface area contributed by atoms with Crippen molar-refractivity contribution in [1.29, 1.82) is 0 Å². The van der Waals surface area contributed by atoms with Crippen LogP contribution in [0.2, 0.25) is 0 Å². The Balaban J connectivity index is 0.00000280. The molecular formula is C20H31IN6O. The minimum absolute atomic E-state index is 0. The van der Waals surface area contributed by atoms with Crippen molar-refractivity contribution < 1.29 is 4.79 Å². The van der Waals surface area contributed by atoms with E-state index in [0.717, 1.165) is 50.5 Å². The maximum Gasteiger partial charge on any atom is 0.225 e. The fraction of sp³-hybridized carbons (Fsp3) is 0.550. The predicted molar refractivity (Wildman–Crippen MR) is 124 cm³/mol. The number of hydrogen-bond acceptors (Lipinski definition) is 3. The van der Waals surface area contributed by atoms with Crippen molar-refractivity contribution in [2.45, 2.75) is 39.3 Å². The first-order valence-corrected chi connectivity index (χ1v) is 9.74. The number of nitrogens with zero attached hydrogens (tertiary/aromatic N) is 4. The number of halogens is 1. The summed E-state index contributed by atoms with van der Waals surface area (Å²) in [6.45, 7) is 7.20. The Kier molecular flexibility index (Phi) is 8.53. The molecule has 0 spiro atoms. The molecule has 1 aliphatic rings. The number of carbonyl (C=O) groups is 1. The third-order valence-corrected chi connectivity index (χ3v) is 4.95. The molecule has 28 heavy (non-hydrogen) atoms. The number of carbonyl (C=O) groups excluding carboxylic acids is 1. The van der Waals surface area contributed by atoms with Gasteiger partial charge in [0.05, 0.1) is 17.4 Å². The maximum absolute atomic E-state index is 12.1. The number of aromatic nitrogens is 2. The second-order valence-corrected chi connectivity index (χ2v) is 7.35. The van der Waals surface area contributed by atoms with Gasteiger partial charge in [-0.15, -0.1) is 24.0 Å². The van der Waals surface area contributed by atoms with Gasteiger partial charge in [-0.05, 0) is 25.0 Å². The normalized spacial score (nSPS) is 17.1. The number of aryl methyl sites for hydroxylation is 1. The van der Waals surface area contributed by atoms with Crippen LogP contribution in [0.4, 0.5) is 0 Å². The number of likely N-dealkylation sites (tertiary alicyclic amines) is 1. The highest BCUT2D eigenvalue weighted by Crippen LogP contribution is 2.13. The van der Waals surface area contributed by atoms with E-state index in [4.69, 9.17) is 0 Å². The number of para-hydroxylation sites is 2. The third-order valence-electron chi connectivity index (χ3n) is 4.95. The molecule has 2 heterocycles. The quantitative estimate of drug-likeness (QED) is 0.278. The summed E-state index contributed by atoms with van der Waals surface area (Å²) in [4.78, 5) is 22.8. The summed E-state index contributed by atoms with van der Waals surface area (Å²) in [6.07, 6.45) is 3.83. The van der Waals surface area contributed by atoms with E-state index < -0.39 is 0 Å². The van der Waals surface area contributed by atoms with Crippen LogP contribution in [0.3, 0.4) is 0 Å². The van der Waals surface area contributed by atoms with Crippen molar-refractivity contribution in [3.8, 4) is 0 Å². The largest absolute Gasteiger partial charge is 0.356 e. The molecule has 1 aromatic heterocycles. The summed E-state index contributed by atoms with van der Waals surface area (Å²) < 4.78 is 2.18. The van der Waals surface area contributed by atoms with Crippen LogP contribution < -0.4 is 10.6 Å². The molecule has 1 fully saturated rings. The van der Waals surface area contributed by atoms with Crippen molar-refractivity contribution in [2.75, 3.05) is 26.7 Å². The van der Waals surface area contributed by atoms with Crippen molar-refractivity contribution >= 4 is 46.9 Å². The van der Waals surface area contributed by atoms with Gasteiger partial charge in [0.1, 0.15) is 0 Å². The Morgan fingerprint density at radius 1 is 1.36 bits per heavy atom. The Bertz CT molecular complexity index is 803. The van der Waals surface area contributed by atoms with Crippen molar-refractivity contribution in [3.05, 3.63) is 30.6 Å². The Morgan fingerprint density at radius 2 is 2.14 bits per heavy atom. The van der Waals surface area contributed by atoms with Gasteiger partial charge in [0.15, 0.2) is 5.96 Å². The van der Waals surface area contributed by atoms with Gasteiger partial charge < -0.3 is 20.1 Å². The molecule has 3 rings (SSSR count). The van der Waals surface area contributed by atoms with Crippen LogP contribution in [0.5, 0.6) is 0 Å². The molecule has 1 atom stereocenters. The minimum Gasteiger partial charge on any atom is -0.356 e. The average molecular weight is 498 g/mol. The Morgan fingerprint density at radius 3 is 2.89 bits per heavy atom. The topological polar surface area (TPSA) is 74.6 Å². The van der Waals surface area contributed by atoms with Crippen LogP contribution >= 0.6 is 24.0 Å². The highest BCUT2D eigenvalue weighted by molar-refractivity contribution is 14.0. The summed E-state index contributed by atoms with van der Waals surface area (Å²) in [5.74, 6) is 1.09. The van der Waals surface area contributed by atoms with Gasteiger partial charge in [0, 0.05) is 45.2 Å². The van der Waals surface area contributed by atoms with E-state index in [1.165, 1.54) is 5.52 Å². The van der Waals surface area contributed by atoms with Crippen LogP contribution in [0, 0.1) is 5.92 Å². The van der Waals surface area contributed by atoms with E-state index in [0.29, 0.717) is 0 Å². The average Bonchev–Trinajstić information content (AvgIpc) is 3.30. The van der Waals surface area contributed by atoms with Crippen LogP contribution in [0.1, 0.15) is 26.7 Å². The Hall–Kier alpha value is -1.84. The summed E-state index contributed by atoms with van der Waals surface area (Å²) in [7, 11) is 1.78. The molecule has 1 saturated heterocycles. The van der Waals surface area contributed by atoms with Gasteiger partial charge in [0.25, 0.3) is 0 Å². The highest BCUT2D eigenvalue weighted by atomic mass is 127. The van der Waals surface area contributed by atoms with Crippen molar-refractivity contribution in [1.82, 2.24) is 25.1 Å². The number of nitrogens with one attached hydrogen (secondary N) is 2. The number of aliphatic imine (C=N–C) groups is 1. The first-order chi connectivity index (χ1) is 13.1. The SMILES string of the molecule is CN=C(NCCCn1cnc2ccccc21)NC1CCN(C(=O)C(C)C)C1.I. The fourth-order valence-corrected chi connectivity index (χ4v) is 3.48. The molecule has 0 bridgehead atoms. The van der Waals surface area contributed by atoms with E-state index in [9.17, 15) is 4.79 Å². The van der Waals surface area contributed by atoms with Gasteiger partial charge in [0.2, 0.25) is 5.91 Å². The van der Waals surface area contributed by atoms with Gasteiger partial charge in [-0.25, -0.2) is 4.98 Å². The lowest BCUT2D eigenvalue weighted by Gasteiger charge is -2.20. The predicted octanol–water partition coefficient (Wildman–Crippen LogP) is 2.47. The first kappa shape index (κ1) is 22.4. The molecule has 2 aromatic rings. The highest BCUT2D eigenvalue weighted by Gasteiger charge is 2.27.